The first-order valence-corrected chi connectivity index (χ1v) is 33.1. The van der Waals surface area contributed by atoms with Gasteiger partial charge in [-0.25, -0.2) is 20.0 Å². The molecule has 2 bridgehead atoms. The highest BCUT2D eigenvalue weighted by Gasteiger charge is 2.65. The van der Waals surface area contributed by atoms with Gasteiger partial charge in [-0.15, -0.1) is 0 Å². The molecule has 6 aliphatic heterocycles. The molecule has 6 saturated heterocycles. The molecule has 0 aromatic carbocycles. The van der Waals surface area contributed by atoms with Crippen molar-refractivity contribution in [2.45, 2.75) is 294 Å². The third-order valence-corrected chi connectivity index (χ3v) is 21.9. The number of nitrogens with one attached hydrogen (secondary N) is 2. The second kappa shape index (κ2) is 28.0. The quantitative estimate of drug-likeness (QED) is 0.0393. The van der Waals surface area contributed by atoms with Crippen molar-refractivity contribution >= 4 is 23.8 Å². The van der Waals surface area contributed by atoms with E-state index in [4.69, 9.17) is 61.6 Å². The first-order chi connectivity index (χ1) is 43.0. The molecule has 0 aromatic heterocycles. The van der Waals surface area contributed by atoms with Gasteiger partial charge in [0, 0.05) is 49.9 Å². The Labute approximate surface area is 533 Å². The van der Waals surface area contributed by atoms with Crippen LogP contribution in [0.15, 0.2) is 46.8 Å². The minimum atomic E-state index is -1.86. The van der Waals surface area contributed by atoms with Gasteiger partial charge in [0.05, 0.1) is 86.6 Å². The van der Waals surface area contributed by atoms with E-state index in [0.29, 0.717) is 50.5 Å². The van der Waals surface area contributed by atoms with Gasteiger partial charge in [0.15, 0.2) is 48.7 Å². The molecule has 0 radical (unpaired) electrons. The first-order valence-electron chi connectivity index (χ1n) is 33.1. The maximum atomic E-state index is 15.5. The number of aliphatic hydroxyl groups is 4. The molecule has 25 nitrogen and oxygen atoms in total. The number of Topliss-reactive ketones (excluding diaryl/α,β-unsaturated/α-hetero) is 1. The van der Waals surface area contributed by atoms with Crippen LogP contribution >= 0.6 is 0 Å². The molecule has 1 unspecified atom stereocenters. The zero-order chi connectivity index (χ0) is 65.9. The average Bonchev–Trinajstić information content (AvgIpc) is 1.69. The number of rotatable bonds is 13. The molecule has 512 valence electrons. The molecule has 10 aliphatic rings. The van der Waals surface area contributed by atoms with Crippen molar-refractivity contribution in [2.75, 3.05) is 7.11 Å². The Morgan fingerprint density at radius 1 is 0.692 bits per heavy atom. The number of quaternary nitrogens is 1. The number of esters is 2. The summed E-state index contributed by atoms with van der Waals surface area (Å²) in [6.45, 7) is 21.6. The van der Waals surface area contributed by atoms with Gasteiger partial charge in [0.1, 0.15) is 29.6 Å². The van der Waals surface area contributed by atoms with E-state index in [9.17, 15) is 45.2 Å². The van der Waals surface area contributed by atoms with Gasteiger partial charge < -0.3 is 92.5 Å². The van der Waals surface area contributed by atoms with Crippen molar-refractivity contribution in [1.82, 2.24) is 5.32 Å². The number of ketones is 1. The second-order valence-electron chi connectivity index (χ2n) is 28.3. The van der Waals surface area contributed by atoms with Crippen LogP contribution in [0.2, 0.25) is 0 Å². The van der Waals surface area contributed by atoms with Gasteiger partial charge in [-0.05, 0) is 124 Å². The van der Waals surface area contributed by atoms with E-state index in [1.807, 2.05) is 39.8 Å². The average molecular weight is 1290 g/mol. The van der Waals surface area contributed by atoms with Crippen molar-refractivity contribution < 1.29 is 112 Å². The largest absolute Gasteiger partial charge is 0.600 e. The Morgan fingerprint density at radius 3 is 2.00 bits per heavy atom. The number of hydrogen-bond acceptors (Lipinski definition) is 23. The van der Waals surface area contributed by atoms with Crippen LogP contribution in [0.25, 0.3) is 0 Å². The van der Waals surface area contributed by atoms with E-state index in [1.54, 1.807) is 33.8 Å². The molecule has 91 heavy (non-hydrogen) atoms. The Kier molecular flexibility index (Phi) is 21.5. The number of amides is 1. The lowest BCUT2D eigenvalue weighted by Crippen LogP contribution is -3.17. The predicted molar refractivity (Wildman–Crippen MR) is 319 cm³/mol. The molecule has 4 aliphatic carbocycles. The van der Waals surface area contributed by atoms with Crippen LogP contribution in [0.1, 0.15) is 160 Å². The number of carbonyl (C=O) groups is 4. The number of hydrogen-bond donors (Lipinski definition) is 7. The third kappa shape index (κ3) is 13.9. The summed E-state index contributed by atoms with van der Waals surface area (Å²) in [5.41, 5.74) is -3.88. The maximum absolute atomic E-state index is 15.5. The van der Waals surface area contributed by atoms with Crippen molar-refractivity contribution in [2.24, 2.45) is 40.9 Å². The van der Waals surface area contributed by atoms with Gasteiger partial charge in [0.2, 0.25) is 5.78 Å². The van der Waals surface area contributed by atoms with Crippen LogP contribution < -0.4 is 10.5 Å². The molecule has 6 heterocycles. The van der Waals surface area contributed by atoms with E-state index < -0.39 is 197 Å². The molecule has 30 atom stereocenters. The van der Waals surface area contributed by atoms with Crippen molar-refractivity contribution in [3.8, 4) is 0 Å². The van der Waals surface area contributed by atoms with E-state index >= 15 is 4.79 Å². The van der Waals surface area contributed by atoms with Gasteiger partial charge >= 0.3 is 18.0 Å². The lowest BCUT2D eigenvalue weighted by atomic mass is 9.49. The standard InChI is InChI=1S/C66H100N2O23/c1-30-16-20-46(86-53-29-64(11,68(77)78)59(38(9)84-53)67-63(76)79-13)31(2)26-42-44(71)15-14-24-66(42)61(74)54(62(75)91-66)60(73)65(12)41(30)18-17-40-55(65)32(3)25-33(4)56(40)90-52-28-48(58(37(8)83-52)85-39(10)69)88-49-23-21-47(35(6)81-49)87-51-27-45(72)57(36(7)82-51)89-50-22-19-43(70)34(5)80-50/h16-18,26,32-38,40-53,55-59,68,70-73,77H,14-15,19-25,27-29H2,1-13H3,(H,67,76)/b30-16+,31-26+,60-54?/t32-,33+,34-,35-,36+,37+,38-,40+,41+,42+,43-,44+,45+,46+,47-,48-,49-,50+,51-,52+,53-,55+,56+,57+,58+,59-,64-,65+,66-/m1/s1. The van der Waals surface area contributed by atoms with Gasteiger partial charge in [-0.1, -0.05) is 50.6 Å². The van der Waals surface area contributed by atoms with E-state index in [0.717, 1.165) is 5.57 Å². The summed E-state index contributed by atoms with van der Waals surface area (Å²) in [4.78, 5) is 55.3. The Bertz CT molecular complexity index is 2750. The van der Waals surface area contributed by atoms with E-state index in [1.165, 1.54) is 21.0 Å². The van der Waals surface area contributed by atoms with Crippen LogP contribution in [-0.4, -0.2) is 191 Å². The lowest BCUT2D eigenvalue weighted by Gasteiger charge is -2.56. The SMILES string of the molecule is COC(=O)N[C@@H]1[C@@H](C)O[C@H](O[C@H]2C/C=C(\C)[C@@H]3C=C[C@@H]4[C@@H](O[C@H]5C[C@@H](O[C@@H]6CC[C@@H](O[C@@H]7C[C@H](O)[C@@H](O[C@H]8CC[C@@H](O)[C@@H](C)O8)[C@H](C)O7)[C@@H](C)O6)[C@@H](OC(C)=O)[C@H](C)O5)[C@@H](C)C[C@@H](C)[C@@H]4[C@@]3(C)C(O)=C3C(=O)O[C@@]4(CCC[C@H](O)[C@@H]4/C=C/2C)C3=O)C[C@@]1(C)[NH+]([O-])O. The number of carbonyl (C=O) groups excluding carboxylic acids is 4. The smallest absolute Gasteiger partial charge is 0.407 e. The minimum Gasteiger partial charge on any atom is -0.600 e. The summed E-state index contributed by atoms with van der Waals surface area (Å²) < 4.78 is 81.9. The zero-order valence-corrected chi connectivity index (χ0v) is 54.9. The molecular formula is C66H100N2O23. The fourth-order valence-electron chi connectivity index (χ4n) is 17.1. The number of hydroxylamine groups is 2. The van der Waals surface area contributed by atoms with Gasteiger partial charge in [0.25, 0.3) is 0 Å². The second-order valence-corrected chi connectivity index (χ2v) is 28.3. The van der Waals surface area contributed by atoms with Crippen molar-refractivity contribution in [1.29, 1.82) is 0 Å². The van der Waals surface area contributed by atoms with Crippen LogP contribution in [0.3, 0.4) is 0 Å². The number of ether oxygens (including phenoxy) is 13. The Hall–Kier alpha value is -4.00. The van der Waals surface area contributed by atoms with E-state index in [-0.39, 0.29) is 50.0 Å². The van der Waals surface area contributed by atoms with Crippen LogP contribution in [-0.2, 0) is 76.0 Å². The molecule has 25 heteroatoms. The normalized spacial score (nSPS) is 48.7. The third-order valence-electron chi connectivity index (χ3n) is 21.9. The summed E-state index contributed by atoms with van der Waals surface area (Å²) in [7, 11) is 1.19. The van der Waals surface area contributed by atoms with Crippen LogP contribution in [0.4, 0.5) is 4.79 Å². The topological polar surface area (TPSA) is 329 Å². The molecule has 2 saturated carbocycles. The highest BCUT2D eigenvalue weighted by Crippen LogP contribution is 2.61. The molecule has 7 N–H and O–H groups in total. The molecule has 0 aromatic rings. The Balaban J connectivity index is 0.888. The first kappa shape index (κ1) is 69.8. The minimum absolute atomic E-state index is 0.0800. The lowest BCUT2D eigenvalue weighted by molar-refractivity contribution is -1.09. The fourth-order valence-corrected chi connectivity index (χ4v) is 17.1. The number of methoxy groups -OCH3 is 1. The highest BCUT2D eigenvalue weighted by atomic mass is 16.8. The number of fused-ring (bicyclic) bond motifs is 4. The predicted octanol–water partition coefficient (Wildman–Crippen LogP) is 5.51. The summed E-state index contributed by atoms with van der Waals surface area (Å²) >= 11 is 0. The monoisotopic (exact) mass is 1290 g/mol. The zero-order valence-electron chi connectivity index (χ0n) is 54.9. The van der Waals surface area contributed by atoms with Crippen molar-refractivity contribution in [3.63, 3.8) is 0 Å². The molecule has 1 amide bonds. The number of aliphatic hydroxyl groups excluding tert-OH is 4. The summed E-state index contributed by atoms with van der Waals surface area (Å²) in [6.07, 6.45) is -2.90. The molecular weight excluding hydrogens is 1190 g/mol. The summed E-state index contributed by atoms with van der Waals surface area (Å²) in [6, 6.07) is -0.986. The summed E-state index contributed by atoms with van der Waals surface area (Å²) in [5, 5.41) is 71.6. The highest BCUT2D eigenvalue weighted by molar-refractivity contribution is 6.26. The van der Waals surface area contributed by atoms with Crippen LogP contribution in [0, 0.1) is 46.1 Å². The molecule has 1 spiro atoms. The number of alkyl carbamates (subject to hydrolysis) is 1. The van der Waals surface area contributed by atoms with E-state index in [2.05, 4.69) is 25.2 Å². The van der Waals surface area contributed by atoms with Crippen LogP contribution in [0.5, 0.6) is 0 Å². The molecule has 8 fully saturated rings. The molecule has 10 rings (SSSR count). The van der Waals surface area contributed by atoms with Gasteiger partial charge in [-0.2, -0.15) is 0 Å². The fraction of sp³-hybridized carbons (Fsp3) is 0.818. The number of allylic oxidation sites excluding steroid dienone is 3. The summed E-state index contributed by atoms with van der Waals surface area (Å²) in [5.74, 6) is -5.37. The maximum Gasteiger partial charge on any atom is 0.407 e. The van der Waals surface area contributed by atoms with Crippen molar-refractivity contribution in [3.05, 3.63) is 52.0 Å². The Morgan fingerprint density at radius 2 is 1.33 bits per heavy atom. The van der Waals surface area contributed by atoms with Gasteiger partial charge in [-0.3, -0.25) is 9.59 Å².